The molecule has 0 spiro atoms. The van der Waals surface area contributed by atoms with Crippen LogP contribution in [0.4, 0.5) is 0 Å². The van der Waals surface area contributed by atoms with Gasteiger partial charge in [0.15, 0.2) is 0 Å². The summed E-state index contributed by atoms with van der Waals surface area (Å²) in [4.78, 5) is 15.3. The number of hydrogen-bond donors (Lipinski definition) is 0. The minimum Gasteiger partial charge on any atom is -0.497 e. The van der Waals surface area contributed by atoms with Gasteiger partial charge in [-0.15, -0.1) is 0 Å². The van der Waals surface area contributed by atoms with Crippen molar-refractivity contribution in [3.63, 3.8) is 0 Å². The van der Waals surface area contributed by atoms with Gasteiger partial charge in [0.2, 0.25) is 0 Å². The van der Waals surface area contributed by atoms with E-state index in [0.717, 1.165) is 48.5 Å². The molecule has 1 fully saturated rings. The molecule has 1 amide bonds. The molecule has 2 heterocycles. The number of methoxy groups -OCH3 is 1. The van der Waals surface area contributed by atoms with Gasteiger partial charge in [0.25, 0.3) is 5.91 Å². The van der Waals surface area contributed by atoms with Gasteiger partial charge < -0.3 is 4.74 Å². The summed E-state index contributed by atoms with van der Waals surface area (Å²) in [7, 11) is 1.65. The standard InChI is InChI=1S/C22H24ClN3O2/c1-28-19-10-6-16(7-11-19)20-14-21(17-4-8-18(23)9-5-17)26(24-20)22(27)15-25-12-2-3-13-25/h4-11,21H,2-3,12-15H2,1H3. The molecule has 2 aliphatic heterocycles. The molecule has 0 aromatic heterocycles. The maximum Gasteiger partial charge on any atom is 0.257 e. The first-order chi connectivity index (χ1) is 13.6. The second-order valence-corrected chi connectivity index (χ2v) is 7.70. The van der Waals surface area contributed by atoms with Crippen molar-refractivity contribution in [1.29, 1.82) is 0 Å². The van der Waals surface area contributed by atoms with E-state index in [-0.39, 0.29) is 11.9 Å². The Balaban J connectivity index is 1.60. The number of carbonyl (C=O) groups excluding carboxylic acids is 1. The summed E-state index contributed by atoms with van der Waals surface area (Å²) in [5.74, 6) is 0.851. The second kappa shape index (κ2) is 8.33. The quantitative estimate of drug-likeness (QED) is 0.762. The molecule has 28 heavy (non-hydrogen) atoms. The van der Waals surface area contributed by atoms with Crippen LogP contribution < -0.4 is 4.74 Å². The number of amides is 1. The van der Waals surface area contributed by atoms with E-state index in [4.69, 9.17) is 21.4 Å². The maximum absolute atomic E-state index is 13.1. The summed E-state index contributed by atoms with van der Waals surface area (Å²) in [6.07, 6.45) is 3.00. The SMILES string of the molecule is COc1ccc(C2=NN(C(=O)CN3CCCC3)C(c3ccc(Cl)cc3)C2)cc1. The van der Waals surface area contributed by atoms with Crippen molar-refractivity contribution in [1.82, 2.24) is 9.91 Å². The fourth-order valence-electron chi connectivity index (χ4n) is 3.85. The molecule has 2 aromatic carbocycles. The summed E-state index contributed by atoms with van der Waals surface area (Å²) in [5, 5.41) is 7.09. The maximum atomic E-state index is 13.1. The highest BCUT2D eigenvalue weighted by Gasteiger charge is 2.34. The van der Waals surface area contributed by atoms with Crippen LogP contribution in [0.15, 0.2) is 53.6 Å². The van der Waals surface area contributed by atoms with Crippen LogP contribution in [-0.4, -0.2) is 48.3 Å². The molecule has 0 N–H and O–H groups in total. The number of ether oxygens (including phenoxy) is 1. The Bertz CT molecular complexity index is 858. The predicted molar refractivity (Wildman–Crippen MR) is 111 cm³/mol. The fourth-order valence-corrected chi connectivity index (χ4v) is 3.97. The Kier molecular flexibility index (Phi) is 5.64. The van der Waals surface area contributed by atoms with Crippen molar-refractivity contribution in [2.24, 2.45) is 5.10 Å². The van der Waals surface area contributed by atoms with Crippen LogP contribution in [0.5, 0.6) is 5.75 Å². The number of carbonyl (C=O) groups is 1. The zero-order chi connectivity index (χ0) is 19.5. The van der Waals surface area contributed by atoms with Crippen molar-refractivity contribution in [3.05, 3.63) is 64.7 Å². The highest BCUT2D eigenvalue weighted by atomic mass is 35.5. The first-order valence-corrected chi connectivity index (χ1v) is 10.0. The van der Waals surface area contributed by atoms with E-state index in [9.17, 15) is 4.79 Å². The molecule has 0 aliphatic carbocycles. The van der Waals surface area contributed by atoms with Crippen LogP contribution in [0.25, 0.3) is 0 Å². The number of halogens is 1. The lowest BCUT2D eigenvalue weighted by Crippen LogP contribution is -2.36. The smallest absolute Gasteiger partial charge is 0.257 e. The molecule has 0 bridgehead atoms. The van der Waals surface area contributed by atoms with Crippen molar-refractivity contribution in [2.45, 2.75) is 25.3 Å². The molecule has 0 radical (unpaired) electrons. The van der Waals surface area contributed by atoms with Gasteiger partial charge in [0.05, 0.1) is 25.4 Å². The Labute approximate surface area is 170 Å². The molecular weight excluding hydrogens is 374 g/mol. The van der Waals surface area contributed by atoms with Crippen molar-refractivity contribution >= 4 is 23.2 Å². The number of nitrogens with zero attached hydrogens (tertiary/aromatic N) is 3. The van der Waals surface area contributed by atoms with Crippen LogP contribution in [-0.2, 0) is 4.79 Å². The summed E-state index contributed by atoms with van der Waals surface area (Å²) in [5.41, 5.74) is 2.97. The van der Waals surface area contributed by atoms with Gasteiger partial charge in [-0.25, -0.2) is 5.01 Å². The molecule has 0 saturated carbocycles. The van der Waals surface area contributed by atoms with Gasteiger partial charge in [0.1, 0.15) is 5.75 Å². The summed E-state index contributed by atoms with van der Waals surface area (Å²) in [6, 6.07) is 15.4. The molecule has 2 aromatic rings. The molecule has 2 aliphatic rings. The molecule has 5 nitrogen and oxygen atoms in total. The van der Waals surface area contributed by atoms with Crippen LogP contribution in [0.3, 0.4) is 0 Å². The number of likely N-dealkylation sites (tertiary alicyclic amines) is 1. The molecule has 1 unspecified atom stereocenters. The number of rotatable bonds is 5. The first-order valence-electron chi connectivity index (χ1n) is 9.66. The third-order valence-corrected chi connectivity index (χ3v) is 5.65. The lowest BCUT2D eigenvalue weighted by Gasteiger charge is -2.24. The Morgan fingerprint density at radius 2 is 1.79 bits per heavy atom. The topological polar surface area (TPSA) is 45.1 Å². The Hall–Kier alpha value is -2.37. The number of hydrazone groups is 1. The highest BCUT2D eigenvalue weighted by Crippen LogP contribution is 2.34. The molecule has 1 saturated heterocycles. The summed E-state index contributed by atoms with van der Waals surface area (Å²) in [6.45, 7) is 2.39. The van der Waals surface area contributed by atoms with Crippen molar-refractivity contribution in [3.8, 4) is 5.75 Å². The lowest BCUT2D eigenvalue weighted by atomic mass is 9.98. The van der Waals surface area contributed by atoms with Gasteiger partial charge in [-0.2, -0.15) is 5.10 Å². The summed E-state index contributed by atoms with van der Waals surface area (Å²) < 4.78 is 5.24. The zero-order valence-electron chi connectivity index (χ0n) is 16.0. The second-order valence-electron chi connectivity index (χ2n) is 7.27. The third kappa shape index (κ3) is 4.05. The van der Waals surface area contributed by atoms with Gasteiger partial charge in [-0.3, -0.25) is 9.69 Å². The minimum absolute atomic E-state index is 0.0466. The highest BCUT2D eigenvalue weighted by molar-refractivity contribution is 6.30. The zero-order valence-corrected chi connectivity index (χ0v) is 16.7. The van der Waals surface area contributed by atoms with E-state index < -0.39 is 0 Å². The Morgan fingerprint density at radius 3 is 2.43 bits per heavy atom. The van der Waals surface area contributed by atoms with E-state index in [1.54, 1.807) is 12.1 Å². The molecular formula is C22H24ClN3O2. The van der Waals surface area contributed by atoms with E-state index in [1.165, 1.54) is 0 Å². The number of hydrogen-bond acceptors (Lipinski definition) is 4. The molecule has 6 heteroatoms. The average Bonchev–Trinajstić information content (AvgIpc) is 3.39. The van der Waals surface area contributed by atoms with Crippen LogP contribution in [0.1, 0.15) is 36.4 Å². The predicted octanol–water partition coefficient (Wildman–Crippen LogP) is 4.12. The minimum atomic E-state index is -0.107. The van der Waals surface area contributed by atoms with E-state index in [1.807, 2.05) is 48.5 Å². The van der Waals surface area contributed by atoms with Gasteiger partial charge in [-0.1, -0.05) is 23.7 Å². The third-order valence-electron chi connectivity index (χ3n) is 5.40. The lowest BCUT2D eigenvalue weighted by molar-refractivity contribution is -0.134. The average molecular weight is 398 g/mol. The van der Waals surface area contributed by atoms with Crippen LogP contribution >= 0.6 is 11.6 Å². The van der Waals surface area contributed by atoms with Crippen LogP contribution in [0, 0.1) is 0 Å². The van der Waals surface area contributed by atoms with Gasteiger partial charge >= 0.3 is 0 Å². The molecule has 4 rings (SSSR count). The van der Waals surface area contributed by atoms with Gasteiger partial charge in [0, 0.05) is 11.4 Å². The normalized spacial score (nSPS) is 19.7. The van der Waals surface area contributed by atoms with Gasteiger partial charge in [-0.05, 0) is 73.5 Å². The Morgan fingerprint density at radius 1 is 1.11 bits per heavy atom. The van der Waals surface area contributed by atoms with E-state index in [0.29, 0.717) is 18.0 Å². The van der Waals surface area contributed by atoms with Crippen molar-refractivity contribution < 1.29 is 9.53 Å². The number of benzene rings is 2. The first kappa shape index (κ1) is 19.0. The molecule has 146 valence electrons. The van der Waals surface area contributed by atoms with E-state index in [2.05, 4.69) is 4.90 Å². The summed E-state index contributed by atoms with van der Waals surface area (Å²) >= 11 is 6.06. The molecule has 1 atom stereocenters. The van der Waals surface area contributed by atoms with Crippen LogP contribution in [0.2, 0.25) is 5.02 Å². The largest absolute Gasteiger partial charge is 0.497 e. The van der Waals surface area contributed by atoms with Crippen molar-refractivity contribution in [2.75, 3.05) is 26.7 Å². The van der Waals surface area contributed by atoms with E-state index >= 15 is 0 Å². The fraction of sp³-hybridized carbons (Fsp3) is 0.364. The monoisotopic (exact) mass is 397 g/mol.